The van der Waals surface area contributed by atoms with Gasteiger partial charge in [-0.2, -0.15) is 0 Å². The van der Waals surface area contributed by atoms with E-state index in [1.807, 2.05) is 11.0 Å². The number of aromatic nitrogens is 1. The molecule has 1 aromatic rings. The van der Waals surface area contributed by atoms with Crippen LogP contribution in [-0.2, 0) is 6.54 Å². The number of carbonyl (C=O) groups is 1. The molecule has 2 N–H and O–H groups in total. The molecule has 0 bridgehead atoms. The highest BCUT2D eigenvalue weighted by Crippen LogP contribution is 2.25. The lowest BCUT2D eigenvalue weighted by atomic mass is 9.89. The van der Waals surface area contributed by atoms with Crippen molar-refractivity contribution < 1.29 is 4.79 Å². The minimum Gasteiger partial charge on any atom is -0.337 e. The molecule has 0 aromatic carbocycles. The highest BCUT2D eigenvalue weighted by Gasteiger charge is 2.23. The lowest BCUT2D eigenvalue weighted by molar-refractivity contribution is 0.0753. The molecule has 1 aliphatic heterocycles. The number of nitrogens with two attached hydrogens (primary N) is 1. The Morgan fingerprint density at radius 2 is 2.20 bits per heavy atom. The number of likely N-dealkylation sites (tertiary alicyclic amines) is 1. The molecule has 0 saturated carbocycles. The van der Waals surface area contributed by atoms with Crippen LogP contribution in [0.4, 0.5) is 0 Å². The summed E-state index contributed by atoms with van der Waals surface area (Å²) in [4.78, 5) is 18.7. The molecule has 1 aromatic heterocycles. The van der Waals surface area contributed by atoms with Crippen molar-refractivity contribution in [3.8, 4) is 0 Å². The Morgan fingerprint density at radius 1 is 1.40 bits per heavy atom. The number of carbonyl (C=O) groups excluding carboxylic acids is 1. The van der Waals surface area contributed by atoms with Crippen LogP contribution in [0.3, 0.4) is 0 Å². The molecule has 1 unspecified atom stereocenters. The van der Waals surface area contributed by atoms with E-state index in [1.165, 1.54) is 6.42 Å². The van der Waals surface area contributed by atoms with Crippen LogP contribution in [0.15, 0.2) is 18.3 Å². The van der Waals surface area contributed by atoms with Crippen LogP contribution in [0.25, 0.3) is 0 Å². The third kappa shape index (κ3) is 3.57. The van der Waals surface area contributed by atoms with Gasteiger partial charge in [-0.25, -0.2) is 0 Å². The highest BCUT2D eigenvalue weighted by atomic mass is 16.2. The third-order valence-corrected chi connectivity index (χ3v) is 4.28. The van der Waals surface area contributed by atoms with Crippen LogP contribution in [-0.4, -0.2) is 28.9 Å². The number of hydrogen-bond acceptors (Lipinski definition) is 3. The van der Waals surface area contributed by atoms with E-state index in [0.29, 0.717) is 18.2 Å². The molecule has 0 radical (unpaired) electrons. The van der Waals surface area contributed by atoms with Crippen molar-refractivity contribution >= 4 is 5.91 Å². The smallest absolute Gasteiger partial charge is 0.272 e. The summed E-state index contributed by atoms with van der Waals surface area (Å²) < 4.78 is 0. The maximum absolute atomic E-state index is 12.5. The second-order valence-corrected chi connectivity index (χ2v) is 5.98. The van der Waals surface area contributed by atoms with Crippen molar-refractivity contribution in [3.05, 3.63) is 29.6 Å². The molecule has 1 amide bonds. The number of amides is 1. The summed E-state index contributed by atoms with van der Waals surface area (Å²) in [5.41, 5.74) is 7.04. The van der Waals surface area contributed by atoms with Gasteiger partial charge in [0, 0.05) is 25.8 Å². The van der Waals surface area contributed by atoms with Gasteiger partial charge in [0.25, 0.3) is 5.91 Å². The number of nitrogens with zero attached hydrogens (tertiary/aromatic N) is 2. The van der Waals surface area contributed by atoms with Crippen molar-refractivity contribution in [2.75, 3.05) is 13.1 Å². The van der Waals surface area contributed by atoms with Crippen LogP contribution in [0.2, 0.25) is 0 Å². The molecule has 1 saturated heterocycles. The second-order valence-electron chi connectivity index (χ2n) is 5.98. The zero-order chi connectivity index (χ0) is 14.5. The lowest BCUT2D eigenvalue weighted by Gasteiger charge is -2.21. The van der Waals surface area contributed by atoms with Gasteiger partial charge in [0.2, 0.25) is 0 Å². The van der Waals surface area contributed by atoms with E-state index in [9.17, 15) is 4.79 Å². The summed E-state index contributed by atoms with van der Waals surface area (Å²) in [6, 6.07) is 3.67. The van der Waals surface area contributed by atoms with E-state index in [-0.39, 0.29) is 5.91 Å². The van der Waals surface area contributed by atoms with Crippen LogP contribution in [0.5, 0.6) is 0 Å². The number of pyridine rings is 1. The average molecular weight is 275 g/mol. The van der Waals surface area contributed by atoms with Crippen LogP contribution in [0.1, 0.15) is 49.2 Å². The second kappa shape index (κ2) is 6.84. The van der Waals surface area contributed by atoms with Gasteiger partial charge in [-0.15, -0.1) is 0 Å². The van der Waals surface area contributed by atoms with E-state index in [2.05, 4.69) is 18.8 Å². The molecule has 1 fully saturated rings. The van der Waals surface area contributed by atoms with Crippen LogP contribution in [0, 0.1) is 11.8 Å². The molecular formula is C16H25N3O. The third-order valence-electron chi connectivity index (χ3n) is 4.28. The zero-order valence-corrected chi connectivity index (χ0v) is 12.5. The first-order valence-corrected chi connectivity index (χ1v) is 7.56. The minimum atomic E-state index is 0.0537. The molecule has 0 spiro atoms. The first-order chi connectivity index (χ1) is 9.61. The normalized spacial score (nSPS) is 20.0. The maximum atomic E-state index is 12.5. The molecule has 0 aliphatic carbocycles. The van der Waals surface area contributed by atoms with Crippen molar-refractivity contribution in [3.63, 3.8) is 0 Å². The predicted octanol–water partition coefficient (Wildman–Crippen LogP) is 2.44. The summed E-state index contributed by atoms with van der Waals surface area (Å²) in [6.07, 6.45) is 5.11. The van der Waals surface area contributed by atoms with E-state index in [1.54, 1.807) is 12.3 Å². The summed E-state index contributed by atoms with van der Waals surface area (Å²) in [7, 11) is 0. The standard InChI is InChI=1S/C16H25N3O/c1-12(2)14-4-3-8-19(9-7-14)16(20)15-6-5-13(10-17)11-18-15/h5-6,11-12,14H,3-4,7-10,17H2,1-2H3. The first kappa shape index (κ1) is 15.0. The SMILES string of the molecule is CC(C)C1CCCN(C(=O)c2ccc(CN)cn2)CC1. The van der Waals surface area contributed by atoms with Gasteiger partial charge in [-0.05, 0) is 42.7 Å². The number of hydrogen-bond donors (Lipinski definition) is 1. The van der Waals surface area contributed by atoms with E-state index in [0.717, 1.165) is 37.4 Å². The van der Waals surface area contributed by atoms with Crippen molar-refractivity contribution in [2.24, 2.45) is 17.6 Å². The Balaban J connectivity index is 2.01. The molecule has 4 heteroatoms. The molecule has 4 nitrogen and oxygen atoms in total. The maximum Gasteiger partial charge on any atom is 0.272 e. The Hall–Kier alpha value is -1.42. The van der Waals surface area contributed by atoms with Gasteiger partial charge in [0.1, 0.15) is 5.69 Å². The van der Waals surface area contributed by atoms with Gasteiger partial charge < -0.3 is 10.6 Å². The molecule has 1 aliphatic rings. The summed E-state index contributed by atoms with van der Waals surface area (Å²) in [6.45, 7) is 6.70. The Labute approximate surface area is 121 Å². The van der Waals surface area contributed by atoms with Crippen LogP contribution < -0.4 is 5.73 Å². The zero-order valence-electron chi connectivity index (χ0n) is 12.5. The van der Waals surface area contributed by atoms with Gasteiger partial charge in [-0.3, -0.25) is 9.78 Å². The summed E-state index contributed by atoms with van der Waals surface area (Å²) in [5, 5.41) is 0. The van der Waals surface area contributed by atoms with E-state index < -0.39 is 0 Å². The van der Waals surface area contributed by atoms with E-state index in [4.69, 9.17) is 5.73 Å². The fraction of sp³-hybridized carbons (Fsp3) is 0.625. The molecule has 2 heterocycles. The Bertz CT molecular complexity index is 442. The fourth-order valence-corrected chi connectivity index (χ4v) is 2.83. The topological polar surface area (TPSA) is 59.2 Å². The van der Waals surface area contributed by atoms with Crippen molar-refractivity contribution in [1.82, 2.24) is 9.88 Å². The van der Waals surface area contributed by atoms with Crippen molar-refractivity contribution in [1.29, 1.82) is 0 Å². The molecule has 20 heavy (non-hydrogen) atoms. The highest BCUT2D eigenvalue weighted by molar-refractivity contribution is 5.92. The van der Waals surface area contributed by atoms with Gasteiger partial charge in [0.05, 0.1) is 0 Å². The van der Waals surface area contributed by atoms with Gasteiger partial charge >= 0.3 is 0 Å². The molecule has 110 valence electrons. The Morgan fingerprint density at radius 3 is 2.80 bits per heavy atom. The molecular weight excluding hydrogens is 250 g/mol. The van der Waals surface area contributed by atoms with Crippen LogP contribution >= 0.6 is 0 Å². The lowest BCUT2D eigenvalue weighted by Crippen LogP contribution is -2.32. The Kier molecular flexibility index (Phi) is 5.12. The minimum absolute atomic E-state index is 0.0537. The average Bonchev–Trinajstić information content (AvgIpc) is 2.72. The van der Waals surface area contributed by atoms with Crippen molar-refractivity contribution in [2.45, 2.75) is 39.7 Å². The summed E-state index contributed by atoms with van der Waals surface area (Å²) >= 11 is 0. The van der Waals surface area contributed by atoms with Gasteiger partial charge in [-0.1, -0.05) is 19.9 Å². The molecule has 2 rings (SSSR count). The predicted molar refractivity (Wildman–Crippen MR) is 80.2 cm³/mol. The monoisotopic (exact) mass is 275 g/mol. The fourth-order valence-electron chi connectivity index (χ4n) is 2.83. The molecule has 1 atom stereocenters. The van der Waals surface area contributed by atoms with Gasteiger partial charge in [0.15, 0.2) is 0 Å². The summed E-state index contributed by atoms with van der Waals surface area (Å²) in [5.74, 6) is 1.49. The van der Waals surface area contributed by atoms with E-state index >= 15 is 0 Å². The quantitative estimate of drug-likeness (QED) is 0.921. The first-order valence-electron chi connectivity index (χ1n) is 7.56. The largest absolute Gasteiger partial charge is 0.337 e. The number of rotatable bonds is 3.